The maximum atomic E-state index is 10.7. The fourth-order valence-corrected chi connectivity index (χ4v) is 2.06. The van der Waals surface area contributed by atoms with Gasteiger partial charge >= 0.3 is 0 Å². The molecule has 0 N–H and O–H groups in total. The molecule has 0 saturated carbocycles. The molecule has 0 spiro atoms. The molecule has 0 atom stereocenters. The highest BCUT2D eigenvalue weighted by atomic mass is 79.9. The molecular weight excluding hydrogens is 324 g/mol. The predicted molar refractivity (Wildman–Crippen MR) is 79.3 cm³/mol. The molecule has 2 rings (SSSR count). The molecule has 5 nitrogen and oxygen atoms in total. The molecule has 0 fully saturated rings. The van der Waals surface area contributed by atoms with Crippen molar-refractivity contribution in [2.45, 2.75) is 20.8 Å². The van der Waals surface area contributed by atoms with E-state index in [2.05, 4.69) is 20.9 Å². The third kappa shape index (κ3) is 2.96. The molecule has 20 heavy (non-hydrogen) atoms. The van der Waals surface area contributed by atoms with E-state index in [4.69, 9.17) is 4.74 Å². The summed E-state index contributed by atoms with van der Waals surface area (Å²) in [7, 11) is 0. The summed E-state index contributed by atoms with van der Waals surface area (Å²) >= 11 is 3.49. The number of rotatable bonds is 3. The molecule has 1 aromatic heterocycles. The number of benzene rings is 1. The number of pyridine rings is 1. The Kier molecular flexibility index (Phi) is 4.04. The highest BCUT2D eigenvalue weighted by Gasteiger charge is 2.12. The lowest BCUT2D eigenvalue weighted by atomic mass is 10.1. The Balaban J connectivity index is 2.33. The van der Waals surface area contributed by atoms with Gasteiger partial charge < -0.3 is 4.74 Å². The summed E-state index contributed by atoms with van der Waals surface area (Å²) in [5, 5.41) is 10.7. The van der Waals surface area contributed by atoms with E-state index in [1.165, 1.54) is 12.3 Å². The van der Waals surface area contributed by atoms with Gasteiger partial charge in [-0.2, -0.15) is 0 Å². The van der Waals surface area contributed by atoms with Crippen LogP contribution in [-0.2, 0) is 0 Å². The minimum absolute atomic E-state index is 0.0435. The summed E-state index contributed by atoms with van der Waals surface area (Å²) in [5.74, 6) is 1.03. The fraction of sp³-hybridized carbons (Fsp3) is 0.214. The van der Waals surface area contributed by atoms with Gasteiger partial charge in [0.25, 0.3) is 5.69 Å². The highest BCUT2D eigenvalue weighted by molar-refractivity contribution is 9.10. The lowest BCUT2D eigenvalue weighted by Gasteiger charge is -2.10. The first-order valence-corrected chi connectivity index (χ1v) is 6.73. The van der Waals surface area contributed by atoms with Gasteiger partial charge in [-0.1, -0.05) is 15.9 Å². The molecule has 1 aromatic carbocycles. The molecule has 0 aliphatic carbocycles. The average Bonchev–Trinajstić information content (AvgIpc) is 2.38. The Labute approximate surface area is 124 Å². The van der Waals surface area contributed by atoms with Crippen LogP contribution in [0.2, 0.25) is 0 Å². The summed E-state index contributed by atoms with van der Waals surface area (Å²) < 4.78 is 6.75. The molecule has 0 aliphatic heterocycles. The molecule has 2 aromatic rings. The summed E-state index contributed by atoms with van der Waals surface area (Å²) in [4.78, 5) is 14.2. The van der Waals surface area contributed by atoms with Crippen LogP contribution in [0.5, 0.6) is 11.6 Å². The molecule has 0 saturated heterocycles. The first-order chi connectivity index (χ1) is 9.38. The molecule has 6 heteroatoms. The van der Waals surface area contributed by atoms with E-state index in [1.54, 1.807) is 6.92 Å². The number of aryl methyl sites for hydroxylation is 3. The smallest absolute Gasteiger partial charge is 0.288 e. The van der Waals surface area contributed by atoms with Crippen molar-refractivity contribution >= 4 is 21.6 Å². The van der Waals surface area contributed by atoms with E-state index < -0.39 is 4.92 Å². The van der Waals surface area contributed by atoms with Gasteiger partial charge in [-0.15, -0.1) is 0 Å². The van der Waals surface area contributed by atoms with Crippen molar-refractivity contribution in [1.29, 1.82) is 0 Å². The largest absolute Gasteiger partial charge is 0.439 e. The maximum absolute atomic E-state index is 10.7. The zero-order valence-electron chi connectivity index (χ0n) is 11.3. The second kappa shape index (κ2) is 5.58. The second-order valence-electron chi connectivity index (χ2n) is 4.55. The lowest BCUT2D eigenvalue weighted by molar-refractivity contribution is -0.385. The number of hydrogen-bond acceptors (Lipinski definition) is 4. The van der Waals surface area contributed by atoms with Gasteiger partial charge in [-0.05, 0) is 44.0 Å². The third-order valence-electron chi connectivity index (χ3n) is 2.85. The fourth-order valence-electron chi connectivity index (χ4n) is 1.83. The summed E-state index contributed by atoms with van der Waals surface area (Å²) in [6.07, 6.45) is 1.20. The number of ether oxygens (including phenoxy) is 1. The Hall–Kier alpha value is -1.95. The average molecular weight is 337 g/mol. The van der Waals surface area contributed by atoms with Crippen LogP contribution in [0.4, 0.5) is 5.69 Å². The number of hydrogen-bond donors (Lipinski definition) is 0. The van der Waals surface area contributed by atoms with Crippen LogP contribution < -0.4 is 4.74 Å². The zero-order chi connectivity index (χ0) is 14.9. The van der Waals surface area contributed by atoms with Crippen LogP contribution in [0, 0.1) is 30.9 Å². The van der Waals surface area contributed by atoms with Crippen LogP contribution >= 0.6 is 15.9 Å². The number of nitro groups is 1. The topological polar surface area (TPSA) is 65.3 Å². The second-order valence-corrected chi connectivity index (χ2v) is 5.34. The Morgan fingerprint density at radius 1 is 1.15 bits per heavy atom. The van der Waals surface area contributed by atoms with Crippen molar-refractivity contribution < 1.29 is 9.66 Å². The summed E-state index contributed by atoms with van der Waals surface area (Å²) in [6.45, 7) is 5.67. The van der Waals surface area contributed by atoms with Gasteiger partial charge in [0.05, 0.1) is 4.92 Å². The van der Waals surface area contributed by atoms with Crippen molar-refractivity contribution in [3.63, 3.8) is 0 Å². The normalized spacial score (nSPS) is 10.4. The third-order valence-corrected chi connectivity index (χ3v) is 4.10. The van der Waals surface area contributed by atoms with Crippen LogP contribution in [0.25, 0.3) is 0 Å². The minimum atomic E-state index is -0.474. The molecule has 0 aliphatic rings. The first-order valence-electron chi connectivity index (χ1n) is 5.94. The monoisotopic (exact) mass is 336 g/mol. The molecule has 104 valence electrons. The zero-order valence-corrected chi connectivity index (χ0v) is 12.9. The standard InChI is InChI=1S/C14H13BrN2O3/c1-8-5-12(6-9(2)13(8)15)20-14-10(3)4-11(7-16-14)17(18)19/h4-7H,1-3H3. The van der Waals surface area contributed by atoms with E-state index in [0.717, 1.165) is 15.6 Å². The highest BCUT2D eigenvalue weighted by Crippen LogP contribution is 2.30. The molecular formula is C14H13BrN2O3. The van der Waals surface area contributed by atoms with E-state index in [-0.39, 0.29) is 5.69 Å². The van der Waals surface area contributed by atoms with Gasteiger partial charge in [0.1, 0.15) is 11.9 Å². The van der Waals surface area contributed by atoms with E-state index in [1.807, 2.05) is 26.0 Å². The number of nitrogens with zero attached hydrogens (tertiary/aromatic N) is 2. The quantitative estimate of drug-likeness (QED) is 0.612. The van der Waals surface area contributed by atoms with Crippen molar-refractivity contribution in [3.8, 4) is 11.6 Å². The van der Waals surface area contributed by atoms with E-state index in [9.17, 15) is 10.1 Å². The molecule has 1 heterocycles. The van der Waals surface area contributed by atoms with E-state index >= 15 is 0 Å². The predicted octanol–water partition coefficient (Wildman–Crippen LogP) is 4.47. The maximum Gasteiger partial charge on any atom is 0.288 e. The van der Waals surface area contributed by atoms with Crippen molar-refractivity contribution in [2.24, 2.45) is 0 Å². The first kappa shape index (κ1) is 14.5. The summed E-state index contributed by atoms with van der Waals surface area (Å²) in [6, 6.07) is 5.22. The molecule has 0 radical (unpaired) electrons. The number of halogens is 1. The minimum Gasteiger partial charge on any atom is -0.439 e. The van der Waals surface area contributed by atoms with Gasteiger partial charge in [0.15, 0.2) is 0 Å². The molecule has 0 amide bonds. The lowest BCUT2D eigenvalue weighted by Crippen LogP contribution is -1.95. The van der Waals surface area contributed by atoms with Crippen LogP contribution in [0.15, 0.2) is 28.9 Å². The van der Waals surface area contributed by atoms with Gasteiger partial charge in [0, 0.05) is 16.1 Å². The Morgan fingerprint density at radius 3 is 2.25 bits per heavy atom. The SMILES string of the molecule is Cc1cc([N+](=O)[O-])cnc1Oc1cc(C)c(Br)c(C)c1. The van der Waals surface area contributed by atoms with Gasteiger partial charge in [-0.25, -0.2) is 4.98 Å². The van der Waals surface area contributed by atoms with Crippen LogP contribution in [-0.4, -0.2) is 9.91 Å². The van der Waals surface area contributed by atoms with Gasteiger partial charge in [-0.3, -0.25) is 10.1 Å². The molecule has 0 unspecified atom stereocenters. The van der Waals surface area contributed by atoms with Crippen LogP contribution in [0.3, 0.4) is 0 Å². The van der Waals surface area contributed by atoms with Gasteiger partial charge in [0.2, 0.25) is 5.88 Å². The van der Waals surface area contributed by atoms with Crippen LogP contribution in [0.1, 0.15) is 16.7 Å². The Morgan fingerprint density at radius 2 is 1.75 bits per heavy atom. The van der Waals surface area contributed by atoms with Crippen molar-refractivity contribution in [1.82, 2.24) is 4.98 Å². The van der Waals surface area contributed by atoms with Crippen molar-refractivity contribution in [2.75, 3.05) is 0 Å². The summed E-state index contributed by atoms with van der Waals surface area (Å²) in [5.41, 5.74) is 2.69. The molecule has 0 bridgehead atoms. The van der Waals surface area contributed by atoms with Crippen molar-refractivity contribution in [3.05, 3.63) is 55.7 Å². The number of aromatic nitrogens is 1. The Bertz CT molecular complexity index is 663. The van der Waals surface area contributed by atoms with E-state index in [0.29, 0.717) is 17.2 Å².